The molecule has 21 heavy (non-hydrogen) atoms. The average molecular weight is 303 g/mol. The van der Waals surface area contributed by atoms with E-state index in [-0.39, 0.29) is 5.75 Å². The van der Waals surface area contributed by atoms with E-state index in [1.165, 1.54) is 12.1 Å². The molecule has 0 fully saturated rings. The Morgan fingerprint density at radius 2 is 1.90 bits per heavy atom. The molecule has 0 bridgehead atoms. The Labute approximate surface area is 124 Å². The zero-order valence-corrected chi connectivity index (χ0v) is 12.7. The van der Waals surface area contributed by atoms with Crippen molar-refractivity contribution < 1.29 is 17.9 Å². The SMILES string of the molecule is CCCNC(CC)CCCOc1ccccc1C(F)(F)F. The lowest BCUT2D eigenvalue weighted by atomic mass is 10.1. The fraction of sp³-hybridized carbons (Fsp3) is 0.625. The van der Waals surface area contributed by atoms with E-state index in [1.807, 2.05) is 0 Å². The Morgan fingerprint density at radius 1 is 1.19 bits per heavy atom. The van der Waals surface area contributed by atoms with Crippen molar-refractivity contribution in [3.63, 3.8) is 0 Å². The number of hydrogen-bond acceptors (Lipinski definition) is 2. The molecule has 0 aliphatic rings. The summed E-state index contributed by atoms with van der Waals surface area (Å²) in [5, 5.41) is 3.42. The van der Waals surface area contributed by atoms with Gasteiger partial charge in [0.2, 0.25) is 0 Å². The molecule has 0 radical (unpaired) electrons. The molecule has 1 aromatic rings. The summed E-state index contributed by atoms with van der Waals surface area (Å²) < 4.78 is 43.7. The first-order valence-electron chi connectivity index (χ1n) is 7.51. The number of para-hydroxylation sites is 1. The molecular formula is C16H24F3NO. The van der Waals surface area contributed by atoms with Crippen LogP contribution in [0.3, 0.4) is 0 Å². The smallest absolute Gasteiger partial charge is 0.419 e. The summed E-state index contributed by atoms with van der Waals surface area (Å²) in [5.41, 5.74) is -0.707. The van der Waals surface area contributed by atoms with E-state index in [1.54, 1.807) is 6.07 Å². The van der Waals surface area contributed by atoms with E-state index >= 15 is 0 Å². The molecule has 0 aromatic heterocycles. The summed E-state index contributed by atoms with van der Waals surface area (Å²) in [4.78, 5) is 0. The van der Waals surface area contributed by atoms with Crippen LogP contribution in [0, 0.1) is 0 Å². The van der Waals surface area contributed by atoms with E-state index in [2.05, 4.69) is 19.2 Å². The maximum absolute atomic E-state index is 12.8. The maximum atomic E-state index is 12.8. The number of halogens is 3. The van der Waals surface area contributed by atoms with Gasteiger partial charge in [-0.2, -0.15) is 13.2 Å². The number of rotatable bonds is 9. The topological polar surface area (TPSA) is 21.3 Å². The van der Waals surface area contributed by atoms with Crippen molar-refractivity contribution in [2.75, 3.05) is 13.2 Å². The minimum Gasteiger partial charge on any atom is -0.493 e. The highest BCUT2D eigenvalue weighted by Gasteiger charge is 2.33. The average Bonchev–Trinajstić information content (AvgIpc) is 2.46. The number of benzene rings is 1. The van der Waals surface area contributed by atoms with E-state index in [0.717, 1.165) is 38.3 Å². The first-order chi connectivity index (χ1) is 9.99. The van der Waals surface area contributed by atoms with Gasteiger partial charge in [0.15, 0.2) is 0 Å². The second-order valence-corrected chi connectivity index (χ2v) is 5.04. The Balaban J connectivity index is 2.42. The first-order valence-corrected chi connectivity index (χ1v) is 7.51. The van der Waals surface area contributed by atoms with Gasteiger partial charge in [-0.05, 0) is 44.4 Å². The number of hydrogen-bond donors (Lipinski definition) is 1. The van der Waals surface area contributed by atoms with Crippen molar-refractivity contribution in [1.29, 1.82) is 0 Å². The lowest BCUT2D eigenvalue weighted by molar-refractivity contribution is -0.138. The molecule has 0 saturated carbocycles. The molecule has 2 nitrogen and oxygen atoms in total. The number of alkyl halides is 3. The first kappa shape index (κ1) is 17.8. The van der Waals surface area contributed by atoms with Crippen LogP contribution in [0.25, 0.3) is 0 Å². The van der Waals surface area contributed by atoms with Gasteiger partial charge in [0.05, 0.1) is 12.2 Å². The molecule has 0 aliphatic heterocycles. The summed E-state index contributed by atoms with van der Waals surface area (Å²) in [5.74, 6) is -0.0837. The minimum absolute atomic E-state index is 0.0837. The molecule has 1 atom stereocenters. The van der Waals surface area contributed by atoms with E-state index in [0.29, 0.717) is 12.6 Å². The third-order valence-corrected chi connectivity index (χ3v) is 3.32. The molecule has 0 amide bonds. The highest BCUT2D eigenvalue weighted by molar-refractivity contribution is 5.35. The third-order valence-electron chi connectivity index (χ3n) is 3.32. The van der Waals surface area contributed by atoms with E-state index in [9.17, 15) is 13.2 Å². The van der Waals surface area contributed by atoms with Crippen LogP contribution in [-0.2, 0) is 6.18 Å². The van der Waals surface area contributed by atoms with Crippen molar-refractivity contribution in [2.24, 2.45) is 0 Å². The Hall–Kier alpha value is -1.23. The lowest BCUT2D eigenvalue weighted by Crippen LogP contribution is -2.29. The van der Waals surface area contributed by atoms with Gasteiger partial charge in [-0.15, -0.1) is 0 Å². The zero-order chi connectivity index (χ0) is 15.7. The van der Waals surface area contributed by atoms with Crippen LogP contribution in [0.4, 0.5) is 13.2 Å². The maximum Gasteiger partial charge on any atom is 0.419 e. The van der Waals surface area contributed by atoms with Crippen molar-refractivity contribution in [3.8, 4) is 5.75 Å². The van der Waals surface area contributed by atoms with Gasteiger partial charge in [0, 0.05) is 6.04 Å². The molecule has 0 saturated heterocycles. The summed E-state index contributed by atoms with van der Waals surface area (Å²) >= 11 is 0. The Bertz CT molecular complexity index is 407. The van der Waals surface area contributed by atoms with Crippen molar-refractivity contribution in [1.82, 2.24) is 5.32 Å². The predicted octanol–water partition coefficient (Wildman–Crippen LogP) is 4.64. The van der Waals surface area contributed by atoms with Gasteiger partial charge in [-0.1, -0.05) is 26.0 Å². The van der Waals surface area contributed by atoms with Gasteiger partial charge in [0.1, 0.15) is 5.75 Å². The van der Waals surface area contributed by atoms with Crippen LogP contribution < -0.4 is 10.1 Å². The van der Waals surface area contributed by atoms with Crippen LogP contribution in [0.2, 0.25) is 0 Å². The standard InChI is InChI=1S/C16H24F3NO/c1-3-11-20-13(4-2)8-7-12-21-15-10-6-5-9-14(15)16(17,18)19/h5-6,9-10,13,20H,3-4,7-8,11-12H2,1-2H3. The van der Waals surface area contributed by atoms with Crippen molar-refractivity contribution >= 4 is 0 Å². The monoisotopic (exact) mass is 303 g/mol. The molecule has 5 heteroatoms. The molecule has 1 N–H and O–H groups in total. The molecule has 1 rings (SSSR count). The number of nitrogens with one attached hydrogen (secondary N) is 1. The normalized spacial score (nSPS) is 13.2. The van der Waals surface area contributed by atoms with Crippen LogP contribution in [0.5, 0.6) is 5.75 Å². The van der Waals surface area contributed by atoms with Gasteiger partial charge in [-0.3, -0.25) is 0 Å². The summed E-state index contributed by atoms with van der Waals surface area (Å²) in [6.07, 6.45) is -0.636. The quantitative estimate of drug-likeness (QED) is 0.671. The van der Waals surface area contributed by atoms with E-state index in [4.69, 9.17) is 4.74 Å². The minimum atomic E-state index is -4.37. The third kappa shape index (κ3) is 6.38. The van der Waals surface area contributed by atoms with Crippen molar-refractivity contribution in [2.45, 2.75) is 51.7 Å². The van der Waals surface area contributed by atoms with Crippen LogP contribution >= 0.6 is 0 Å². The lowest BCUT2D eigenvalue weighted by Gasteiger charge is -2.17. The van der Waals surface area contributed by atoms with Crippen LogP contribution in [0.1, 0.15) is 45.1 Å². The van der Waals surface area contributed by atoms with Gasteiger partial charge >= 0.3 is 6.18 Å². The Morgan fingerprint density at radius 3 is 2.52 bits per heavy atom. The molecule has 1 unspecified atom stereocenters. The molecule has 0 heterocycles. The van der Waals surface area contributed by atoms with Crippen LogP contribution in [0.15, 0.2) is 24.3 Å². The molecule has 1 aromatic carbocycles. The van der Waals surface area contributed by atoms with Gasteiger partial charge in [0.25, 0.3) is 0 Å². The zero-order valence-electron chi connectivity index (χ0n) is 12.7. The molecule has 120 valence electrons. The fourth-order valence-electron chi connectivity index (χ4n) is 2.14. The van der Waals surface area contributed by atoms with E-state index < -0.39 is 11.7 Å². The molecule has 0 aliphatic carbocycles. The van der Waals surface area contributed by atoms with Gasteiger partial charge < -0.3 is 10.1 Å². The predicted molar refractivity (Wildman–Crippen MR) is 78.5 cm³/mol. The summed E-state index contributed by atoms with van der Waals surface area (Å²) in [6, 6.07) is 5.76. The second kappa shape index (κ2) is 8.93. The summed E-state index contributed by atoms with van der Waals surface area (Å²) in [6.45, 7) is 5.48. The highest BCUT2D eigenvalue weighted by Crippen LogP contribution is 2.35. The Kier molecular flexibility index (Phi) is 7.57. The summed E-state index contributed by atoms with van der Waals surface area (Å²) in [7, 11) is 0. The number of ether oxygens (including phenoxy) is 1. The molecular weight excluding hydrogens is 279 g/mol. The molecule has 0 spiro atoms. The largest absolute Gasteiger partial charge is 0.493 e. The van der Waals surface area contributed by atoms with Crippen LogP contribution in [-0.4, -0.2) is 19.2 Å². The van der Waals surface area contributed by atoms with Crippen molar-refractivity contribution in [3.05, 3.63) is 29.8 Å². The highest BCUT2D eigenvalue weighted by atomic mass is 19.4. The second-order valence-electron chi connectivity index (χ2n) is 5.04. The fourth-order valence-corrected chi connectivity index (χ4v) is 2.14. The van der Waals surface area contributed by atoms with Gasteiger partial charge in [-0.25, -0.2) is 0 Å².